The molecule has 0 aliphatic carbocycles. The van der Waals surface area contributed by atoms with Gasteiger partial charge in [0.1, 0.15) is 0 Å². The number of amides is 1. The molecule has 1 unspecified atom stereocenters. The third kappa shape index (κ3) is 3.77. The summed E-state index contributed by atoms with van der Waals surface area (Å²) in [6.07, 6.45) is 4.08. The minimum atomic E-state index is -0.329. The highest BCUT2D eigenvalue weighted by atomic mass is 32.1. The first-order chi connectivity index (χ1) is 13.7. The van der Waals surface area contributed by atoms with Crippen molar-refractivity contribution < 1.29 is 14.6 Å². The molecule has 0 saturated carbocycles. The number of hydrogen-bond donors (Lipinski definition) is 1. The molecule has 1 fully saturated rings. The molecule has 1 aromatic heterocycles. The molecule has 1 aromatic carbocycles. The molecule has 2 aromatic rings. The Kier molecular flexibility index (Phi) is 5.64. The molecular formula is C21H25N3O3S. The Hall–Kier alpha value is -2.38. The molecule has 3 heterocycles. The number of piperidine rings is 1. The zero-order valence-corrected chi connectivity index (χ0v) is 16.8. The number of carbonyl (C=O) groups is 1. The van der Waals surface area contributed by atoms with Gasteiger partial charge in [0.25, 0.3) is 5.91 Å². The van der Waals surface area contributed by atoms with Gasteiger partial charge in [-0.2, -0.15) is 5.10 Å². The number of thiophene rings is 1. The summed E-state index contributed by atoms with van der Waals surface area (Å²) in [5.41, 5.74) is 1.55. The Morgan fingerprint density at radius 1 is 1.25 bits per heavy atom. The van der Waals surface area contributed by atoms with Gasteiger partial charge < -0.3 is 9.84 Å². The molecule has 1 N–H and O–H groups in total. The van der Waals surface area contributed by atoms with Gasteiger partial charge in [-0.25, -0.2) is 5.01 Å². The number of aromatic hydroxyl groups is 1. The maximum atomic E-state index is 13.1. The number of phenolic OH excluding ortho intramolecular Hbond substituents is 1. The number of nitrogens with zero attached hydrogens (tertiary/aromatic N) is 3. The van der Waals surface area contributed by atoms with Crippen LogP contribution >= 0.6 is 11.3 Å². The van der Waals surface area contributed by atoms with Gasteiger partial charge in [-0.05, 0) is 43.4 Å². The van der Waals surface area contributed by atoms with Gasteiger partial charge in [-0.3, -0.25) is 9.69 Å². The Labute approximate surface area is 169 Å². The highest BCUT2D eigenvalue weighted by Gasteiger charge is 2.36. The van der Waals surface area contributed by atoms with Gasteiger partial charge in [0.05, 0.1) is 30.3 Å². The number of rotatable bonds is 5. The second kappa shape index (κ2) is 8.32. The molecule has 28 heavy (non-hydrogen) atoms. The van der Waals surface area contributed by atoms with Crippen LogP contribution in [0.4, 0.5) is 0 Å². The molecule has 7 heteroatoms. The molecule has 1 atom stereocenters. The van der Waals surface area contributed by atoms with Crippen molar-refractivity contribution in [2.24, 2.45) is 5.10 Å². The molecular weight excluding hydrogens is 374 g/mol. The van der Waals surface area contributed by atoms with Crippen molar-refractivity contribution in [2.75, 3.05) is 26.7 Å². The van der Waals surface area contributed by atoms with E-state index in [1.165, 1.54) is 13.5 Å². The first kappa shape index (κ1) is 19.0. The zero-order valence-electron chi connectivity index (χ0n) is 16.0. The second-order valence-electron chi connectivity index (χ2n) is 7.22. The van der Waals surface area contributed by atoms with Crippen LogP contribution < -0.4 is 4.74 Å². The molecule has 0 radical (unpaired) electrons. The largest absolute Gasteiger partial charge is 0.504 e. The van der Waals surface area contributed by atoms with Gasteiger partial charge in [-0.1, -0.05) is 24.6 Å². The van der Waals surface area contributed by atoms with Crippen molar-refractivity contribution in [1.82, 2.24) is 9.91 Å². The van der Waals surface area contributed by atoms with Gasteiger partial charge >= 0.3 is 0 Å². The van der Waals surface area contributed by atoms with Crippen molar-refractivity contribution in [3.63, 3.8) is 0 Å². The fourth-order valence-electron chi connectivity index (χ4n) is 3.93. The van der Waals surface area contributed by atoms with Crippen LogP contribution in [0.1, 0.15) is 42.2 Å². The highest BCUT2D eigenvalue weighted by molar-refractivity contribution is 7.12. The van der Waals surface area contributed by atoms with E-state index in [1.54, 1.807) is 22.4 Å². The van der Waals surface area contributed by atoms with Crippen LogP contribution in [0.15, 0.2) is 40.8 Å². The molecule has 4 rings (SSSR count). The maximum absolute atomic E-state index is 13.1. The Balaban J connectivity index is 1.63. The minimum absolute atomic E-state index is 0.0272. The van der Waals surface area contributed by atoms with Crippen LogP contribution in [0, 0.1) is 0 Å². The Morgan fingerprint density at radius 2 is 2.07 bits per heavy atom. The third-order valence-corrected chi connectivity index (χ3v) is 6.31. The average molecular weight is 400 g/mol. The molecule has 1 saturated heterocycles. The van der Waals surface area contributed by atoms with Gasteiger partial charge in [0.2, 0.25) is 0 Å². The van der Waals surface area contributed by atoms with Crippen molar-refractivity contribution in [3.8, 4) is 11.5 Å². The van der Waals surface area contributed by atoms with E-state index in [2.05, 4.69) is 10.0 Å². The van der Waals surface area contributed by atoms with Crippen LogP contribution in [0.25, 0.3) is 0 Å². The van der Waals surface area contributed by atoms with Crippen molar-refractivity contribution in [1.29, 1.82) is 0 Å². The van der Waals surface area contributed by atoms with Crippen molar-refractivity contribution >= 4 is 23.0 Å². The normalized spacial score (nSPS) is 20.2. The topological polar surface area (TPSA) is 65.4 Å². The van der Waals surface area contributed by atoms with Crippen LogP contribution in [0.5, 0.6) is 11.5 Å². The van der Waals surface area contributed by atoms with Gasteiger partial charge in [0.15, 0.2) is 11.5 Å². The van der Waals surface area contributed by atoms with E-state index in [0.29, 0.717) is 24.3 Å². The van der Waals surface area contributed by atoms with E-state index in [-0.39, 0.29) is 17.7 Å². The number of benzene rings is 1. The number of para-hydroxylation sites is 1. The quantitative estimate of drug-likeness (QED) is 0.834. The van der Waals surface area contributed by atoms with Gasteiger partial charge in [-0.15, -0.1) is 11.3 Å². The Bertz CT molecular complexity index is 860. The fraction of sp³-hybridized carbons (Fsp3) is 0.429. The molecule has 148 valence electrons. The maximum Gasteiger partial charge on any atom is 0.257 e. The fourth-order valence-corrected chi connectivity index (χ4v) is 4.65. The highest BCUT2D eigenvalue weighted by Crippen LogP contribution is 2.41. The van der Waals surface area contributed by atoms with E-state index in [0.717, 1.165) is 36.5 Å². The lowest BCUT2D eigenvalue weighted by Crippen LogP contribution is -2.40. The number of likely N-dealkylation sites (tertiary alicyclic amines) is 1. The lowest BCUT2D eigenvalue weighted by Gasteiger charge is -2.29. The molecule has 2 aliphatic rings. The number of hydrogen-bond acceptors (Lipinski definition) is 6. The standard InChI is InChI=1S/C21H25N3O3S/c1-27-18-8-5-7-15(21(18)26)17-13-16(19-9-6-12-28-19)22-24(17)20(25)14-23-10-3-2-4-11-23/h5-9,12,17,26H,2-4,10-11,13-14H2,1H3. The second-order valence-corrected chi connectivity index (χ2v) is 8.16. The number of hydrazone groups is 1. The predicted molar refractivity (Wildman–Crippen MR) is 110 cm³/mol. The number of methoxy groups -OCH3 is 1. The number of carbonyl (C=O) groups excluding carboxylic acids is 1. The summed E-state index contributed by atoms with van der Waals surface area (Å²) in [5.74, 6) is 0.458. The first-order valence-corrected chi connectivity index (χ1v) is 10.6. The predicted octanol–water partition coefficient (Wildman–Crippen LogP) is 3.63. The average Bonchev–Trinajstić information content (AvgIpc) is 3.39. The molecule has 0 bridgehead atoms. The summed E-state index contributed by atoms with van der Waals surface area (Å²) in [5, 5.41) is 18.9. The lowest BCUT2D eigenvalue weighted by atomic mass is 9.99. The van der Waals surface area contributed by atoms with Crippen molar-refractivity contribution in [2.45, 2.75) is 31.7 Å². The molecule has 0 spiro atoms. The molecule has 2 aliphatic heterocycles. The number of phenols is 1. The third-order valence-electron chi connectivity index (χ3n) is 5.39. The van der Waals surface area contributed by atoms with Crippen molar-refractivity contribution in [3.05, 3.63) is 46.2 Å². The van der Waals surface area contributed by atoms with E-state index < -0.39 is 0 Å². The van der Waals surface area contributed by atoms with Crippen LogP contribution in [0.2, 0.25) is 0 Å². The Morgan fingerprint density at radius 3 is 2.79 bits per heavy atom. The monoisotopic (exact) mass is 399 g/mol. The van der Waals surface area contributed by atoms with E-state index in [9.17, 15) is 9.90 Å². The smallest absolute Gasteiger partial charge is 0.257 e. The van der Waals surface area contributed by atoms with Crippen LogP contribution in [-0.2, 0) is 4.79 Å². The SMILES string of the molecule is COc1cccc(C2CC(c3cccs3)=NN2C(=O)CN2CCCCC2)c1O. The van der Waals surface area contributed by atoms with E-state index in [1.807, 2.05) is 29.6 Å². The summed E-state index contributed by atoms with van der Waals surface area (Å²) >= 11 is 1.61. The number of ether oxygens (including phenoxy) is 1. The summed E-state index contributed by atoms with van der Waals surface area (Å²) in [6.45, 7) is 2.27. The summed E-state index contributed by atoms with van der Waals surface area (Å²) in [7, 11) is 1.53. The molecule has 1 amide bonds. The van der Waals surface area contributed by atoms with Crippen LogP contribution in [0.3, 0.4) is 0 Å². The van der Waals surface area contributed by atoms with Crippen LogP contribution in [-0.4, -0.2) is 53.4 Å². The zero-order chi connectivity index (χ0) is 19.5. The first-order valence-electron chi connectivity index (χ1n) is 9.69. The lowest BCUT2D eigenvalue weighted by molar-refractivity contribution is -0.134. The van der Waals surface area contributed by atoms with E-state index in [4.69, 9.17) is 4.74 Å². The summed E-state index contributed by atoms with van der Waals surface area (Å²) < 4.78 is 5.26. The summed E-state index contributed by atoms with van der Waals surface area (Å²) in [6, 6.07) is 9.07. The van der Waals surface area contributed by atoms with E-state index >= 15 is 0 Å². The molecule has 6 nitrogen and oxygen atoms in total. The van der Waals surface area contributed by atoms with Gasteiger partial charge in [0, 0.05) is 12.0 Å². The minimum Gasteiger partial charge on any atom is -0.504 e. The summed E-state index contributed by atoms with van der Waals surface area (Å²) in [4.78, 5) is 16.4.